The van der Waals surface area contributed by atoms with Crippen molar-refractivity contribution < 1.29 is 18.1 Å². The first-order chi connectivity index (χ1) is 13.3. The molecule has 0 spiro atoms. The van der Waals surface area contributed by atoms with Gasteiger partial charge >= 0.3 is 6.18 Å². The summed E-state index contributed by atoms with van der Waals surface area (Å²) in [6.07, 6.45) is -2.30. The maximum atomic E-state index is 12.6. The molecule has 0 amide bonds. The summed E-state index contributed by atoms with van der Waals surface area (Å²) < 4.78 is 37.9. The highest BCUT2D eigenvalue weighted by Gasteiger charge is 2.30. The van der Waals surface area contributed by atoms with Crippen LogP contribution in [0, 0.1) is 21.4 Å². The average Bonchev–Trinajstić information content (AvgIpc) is 3.14. The van der Waals surface area contributed by atoms with Gasteiger partial charge in [-0.05, 0) is 35.9 Å². The monoisotopic (exact) mass is 401 g/mol. The number of allylic oxidation sites excluding steroid dienone is 1. The van der Waals surface area contributed by atoms with Crippen LogP contribution in [0.15, 0.2) is 54.7 Å². The summed E-state index contributed by atoms with van der Waals surface area (Å²) in [7, 11) is 0. The number of benzene rings is 1. The largest absolute Gasteiger partial charge is 0.417 e. The van der Waals surface area contributed by atoms with E-state index in [1.807, 2.05) is 6.07 Å². The van der Waals surface area contributed by atoms with Gasteiger partial charge in [0.15, 0.2) is 0 Å². The van der Waals surface area contributed by atoms with E-state index < -0.39 is 16.7 Å². The molecular formula is C19H10F3N3O2S. The molecule has 0 atom stereocenters. The number of pyridine rings is 1. The van der Waals surface area contributed by atoms with Gasteiger partial charge in [-0.15, -0.1) is 11.3 Å². The second-order valence-electron chi connectivity index (χ2n) is 5.61. The SMILES string of the molecule is N#C/C(=C\c1ccc(-c2cccc([N+](=O)[O-])c2)s1)c1ccc(C(F)(F)F)cn1. The first-order valence-corrected chi connectivity index (χ1v) is 8.59. The molecule has 5 nitrogen and oxygen atoms in total. The molecule has 0 saturated heterocycles. The zero-order valence-corrected chi connectivity index (χ0v) is 14.8. The van der Waals surface area contributed by atoms with Gasteiger partial charge in [0, 0.05) is 28.1 Å². The highest BCUT2D eigenvalue weighted by atomic mass is 32.1. The molecule has 9 heteroatoms. The molecule has 0 bridgehead atoms. The number of nitro groups is 1. The van der Waals surface area contributed by atoms with E-state index in [0.717, 1.165) is 17.0 Å². The fraction of sp³-hybridized carbons (Fsp3) is 0.0526. The van der Waals surface area contributed by atoms with Gasteiger partial charge in [-0.3, -0.25) is 15.1 Å². The summed E-state index contributed by atoms with van der Waals surface area (Å²) in [5, 5.41) is 20.2. The molecule has 2 aromatic heterocycles. The smallest absolute Gasteiger partial charge is 0.258 e. The minimum Gasteiger partial charge on any atom is -0.258 e. The van der Waals surface area contributed by atoms with Crippen molar-refractivity contribution in [2.24, 2.45) is 0 Å². The van der Waals surface area contributed by atoms with Gasteiger partial charge < -0.3 is 0 Å². The van der Waals surface area contributed by atoms with Crippen LogP contribution in [-0.4, -0.2) is 9.91 Å². The summed E-state index contributed by atoms with van der Waals surface area (Å²) in [6, 6.07) is 13.6. The molecule has 0 fully saturated rings. The molecule has 0 aliphatic heterocycles. The fourth-order valence-corrected chi connectivity index (χ4v) is 3.33. The molecule has 2 heterocycles. The van der Waals surface area contributed by atoms with Gasteiger partial charge in [0.2, 0.25) is 0 Å². The van der Waals surface area contributed by atoms with Crippen molar-refractivity contribution in [3.8, 4) is 16.5 Å². The highest BCUT2D eigenvalue weighted by molar-refractivity contribution is 7.16. The van der Waals surface area contributed by atoms with Crippen LogP contribution in [0.5, 0.6) is 0 Å². The third-order valence-electron chi connectivity index (χ3n) is 3.74. The van der Waals surface area contributed by atoms with Crippen molar-refractivity contribution in [3.63, 3.8) is 0 Å². The van der Waals surface area contributed by atoms with Crippen molar-refractivity contribution in [2.75, 3.05) is 0 Å². The minimum absolute atomic E-state index is 0.0327. The highest BCUT2D eigenvalue weighted by Crippen LogP contribution is 2.33. The van der Waals surface area contributed by atoms with Crippen LogP contribution in [0.25, 0.3) is 22.1 Å². The molecule has 0 radical (unpaired) electrons. The van der Waals surface area contributed by atoms with E-state index in [-0.39, 0.29) is 17.0 Å². The standard InChI is InChI=1S/C19H10F3N3O2S/c20-19(21,22)14-4-6-17(24-11-14)13(10-23)9-16-5-7-18(28-16)12-2-1-3-15(8-12)25(26)27/h1-9,11H/b13-9+. The number of nitrogens with zero attached hydrogens (tertiary/aromatic N) is 3. The van der Waals surface area contributed by atoms with Crippen molar-refractivity contribution in [1.29, 1.82) is 5.26 Å². The lowest BCUT2D eigenvalue weighted by atomic mass is 10.1. The van der Waals surface area contributed by atoms with Crippen LogP contribution in [0.4, 0.5) is 18.9 Å². The number of rotatable bonds is 4. The molecular weight excluding hydrogens is 391 g/mol. The number of hydrogen-bond donors (Lipinski definition) is 0. The molecule has 140 valence electrons. The topological polar surface area (TPSA) is 79.8 Å². The van der Waals surface area contributed by atoms with E-state index in [2.05, 4.69) is 4.98 Å². The van der Waals surface area contributed by atoms with Crippen molar-refractivity contribution in [3.05, 3.63) is 81.0 Å². The Morgan fingerprint density at radius 2 is 2.00 bits per heavy atom. The molecule has 1 aromatic carbocycles. The molecule has 0 unspecified atom stereocenters. The summed E-state index contributed by atoms with van der Waals surface area (Å²) in [6.45, 7) is 0. The summed E-state index contributed by atoms with van der Waals surface area (Å²) in [4.78, 5) is 15.6. The summed E-state index contributed by atoms with van der Waals surface area (Å²) in [5.74, 6) is 0. The van der Waals surface area contributed by atoms with Gasteiger partial charge in [-0.2, -0.15) is 18.4 Å². The van der Waals surface area contributed by atoms with Gasteiger partial charge in [-0.25, -0.2) is 0 Å². The number of halogens is 3. The zero-order valence-electron chi connectivity index (χ0n) is 14.0. The second kappa shape index (κ2) is 7.62. The molecule has 3 rings (SSSR count). The molecule has 0 aliphatic carbocycles. The molecule has 3 aromatic rings. The van der Waals surface area contributed by atoms with Gasteiger partial charge in [0.1, 0.15) is 6.07 Å². The number of non-ortho nitro benzene ring substituents is 1. The average molecular weight is 401 g/mol. The Morgan fingerprint density at radius 3 is 2.61 bits per heavy atom. The minimum atomic E-state index is -4.50. The first-order valence-electron chi connectivity index (χ1n) is 7.78. The van der Waals surface area contributed by atoms with Crippen LogP contribution in [0.2, 0.25) is 0 Å². The van der Waals surface area contributed by atoms with E-state index in [1.54, 1.807) is 24.3 Å². The van der Waals surface area contributed by atoms with Gasteiger partial charge in [-0.1, -0.05) is 12.1 Å². The van der Waals surface area contributed by atoms with E-state index in [9.17, 15) is 28.5 Å². The molecule has 0 N–H and O–H groups in total. The summed E-state index contributed by atoms with van der Waals surface area (Å²) in [5.41, 5.74) is -0.0285. The van der Waals surface area contributed by atoms with Crippen LogP contribution in [0.3, 0.4) is 0 Å². The zero-order chi connectivity index (χ0) is 20.3. The third-order valence-corrected chi connectivity index (χ3v) is 4.82. The van der Waals surface area contributed by atoms with E-state index in [1.165, 1.54) is 29.5 Å². The Hall–Kier alpha value is -3.51. The molecule has 0 aliphatic rings. The van der Waals surface area contributed by atoms with E-state index >= 15 is 0 Å². The maximum Gasteiger partial charge on any atom is 0.417 e. The second-order valence-corrected chi connectivity index (χ2v) is 6.72. The number of nitriles is 1. The van der Waals surface area contributed by atoms with Gasteiger partial charge in [0.25, 0.3) is 5.69 Å². The van der Waals surface area contributed by atoms with Gasteiger partial charge in [0.05, 0.1) is 21.8 Å². The van der Waals surface area contributed by atoms with Crippen LogP contribution in [0.1, 0.15) is 16.1 Å². The Labute approximate surface area is 161 Å². The lowest BCUT2D eigenvalue weighted by molar-refractivity contribution is -0.384. The number of thiophene rings is 1. The molecule has 0 saturated carbocycles. The van der Waals surface area contributed by atoms with Crippen LogP contribution >= 0.6 is 11.3 Å². The molecule has 28 heavy (non-hydrogen) atoms. The fourth-order valence-electron chi connectivity index (χ4n) is 2.38. The Balaban J connectivity index is 1.90. The normalized spacial score (nSPS) is 11.9. The Kier molecular flexibility index (Phi) is 5.24. The first kappa shape index (κ1) is 19.3. The lowest BCUT2D eigenvalue weighted by Crippen LogP contribution is -2.05. The maximum absolute atomic E-state index is 12.6. The van der Waals surface area contributed by atoms with Crippen molar-refractivity contribution in [1.82, 2.24) is 4.98 Å². The van der Waals surface area contributed by atoms with Crippen LogP contribution in [-0.2, 0) is 6.18 Å². The quantitative estimate of drug-likeness (QED) is 0.314. The number of alkyl halides is 3. The summed E-state index contributed by atoms with van der Waals surface area (Å²) >= 11 is 1.29. The Morgan fingerprint density at radius 1 is 1.21 bits per heavy atom. The van der Waals surface area contributed by atoms with Crippen molar-refractivity contribution in [2.45, 2.75) is 6.18 Å². The van der Waals surface area contributed by atoms with Crippen LogP contribution < -0.4 is 0 Å². The number of hydrogen-bond acceptors (Lipinski definition) is 5. The third kappa shape index (κ3) is 4.24. The predicted octanol–water partition coefficient (Wildman–Crippen LogP) is 5.80. The number of nitro benzene ring substituents is 1. The van der Waals surface area contributed by atoms with E-state index in [4.69, 9.17) is 0 Å². The lowest BCUT2D eigenvalue weighted by Gasteiger charge is -2.06. The number of aromatic nitrogens is 1. The van der Waals surface area contributed by atoms with E-state index in [0.29, 0.717) is 16.6 Å². The Bertz CT molecular complexity index is 1100. The predicted molar refractivity (Wildman–Crippen MR) is 99.1 cm³/mol. The van der Waals surface area contributed by atoms with Crippen molar-refractivity contribution >= 4 is 28.7 Å².